The Hall–Kier alpha value is -2.34. The summed E-state index contributed by atoms with van der Waals surface area (Å²) in [7, 11) is 0. The average Bonchev–Trinajstić information content (AvgIpc) is 3.21. The van der Waals surface area contributed by atoms with Gasteiger partial charge in [0.15, 0.2) is 5.16 Å². The molecule has 0 amide bonds. The lowest BCUT2D eigenvalue weighted by atomic mass is 9.71. The molecule has 2 heterocycles. The molecular weight excluding hydrogens is 488 g/mol. The predicted molar refractivity (Wildman–Crippen MR) is 138 cm³/mol. The number of thioether (sulfide) groups is 1. The van der Waals surface area contributed by atoms with Gasteiger partial charge in [-0.3, -0.25) is 9.55 Å². The Kier molecular flexibility index (Phi) is 6.45. The number of hydrogen-bond donors (Lipinski definition) is 0. The summed E-state index contributed by atoms with van der Waals surface area (Å²) in [5, 5.41) is 2.26. The maximum absolute atomic E-state index is 13.8. The molecule has 174 valence electrons. The van der Waals surface area contributed by atoms with Crippen molar-refractivity contribution in [3.05, 3.63) is 105 Å². The van der Waals surface area contributed by atoms with Crippen molar-refractivity contribution in [2.45, 2.75) is 49.4 Å². The molecule has 7 heteroatoms. The smallest absolute Gasteiger partial charge is 0.173 e. The first-order chi connectivity index (χ1) is 16.4. The number of imidazole rings is 1. The number of aromatic nitrogens is 3. The van der Waals surface area contributed by atoms with Gasteiger partial charge >= 0.3 is 0 Å². The van der Waals surface area contributed by atoms with Crippen LogP contribution in [0.5, 0.6) is 0 Å². The Morgan fingerprint density at radius 1 is 1.09 bits per heavy atom. The van der Waals surface area contributed by atoms with Crippen molar-refractivity contribution < 1.29 is 4.39 Å². The molecule has 0 saturated carbocycles. The van der Waals surface area contributed by atoms with Crippen LogP contribution in [0.3, 0.4) is 0 Å². The number of benzene rings is 2. The van der Waals surface area contributed by atoms with E-state index in [0.717, 1.165) is 57.8 Å². The first-order valence-electron chi connectivity index (χ1n) is 11.2. The summed E-state index contributed by atoms with van der Waals surface area (Å²) in [4.78, 5) is 9.52. The molecule has 3 nitrogen and oxygen atoms in total. The fraction of sp³-hybridized carbons (Fsp3) is 0.259. The van der Waals surface area contributed by atoms with E-state index < -0.39 is 0 Å². The Bertz CT molecular complexity index is 1350. The molecule has 0 aliphatic heterocycles. The van der Waals surface area contributed by atoms with Crippen molar-refractivity contribution in [2.24, 2.45) is 0 Å². The maximum atomic E-state index is 13.8. The summed E-state index contributed by atoms with van der Waals surface area (Å²) in [5.74, 6) is 0.330. The Morgan fingerprint density at radius 2 is 1.88 bits per heavy atom. The molecule has 1 aliphatic rings. The molecule has 0 radical (unpaired) electrons. The van der Waals surface area contributed by atoms with Crippen molar-refractivity contribution in [1.82, 2.24) is 14.5 Å². The third-order valence-corrected chi connectivity index (χ3v) is 8.30. The van der Waals surface area contributed by atoms with E-state index in [9.17, 15) is 4.39 Å². The van der Waals surface area contributed by atoms with Crippen LogP contribution in [-0.4, -0.2) is 14.5 Å². The number of rotatable bonds is 5. The van der Waals surface area contributed by atoms with Crippen molar-refractivity contribution in [1.29, 1.82) is 0 Å². The van der Waals surface area contributed by atoms with E-state index in [2.05, 4.69) is 28.6 Å². The van der Waals surface area contributed by atoms with Gasteiger partial charge in [0.05, 0.1) is 22.1 Å². The van der Waals surface area contributed by atoms with Crippen LogP contribution in [-0.2, 0) is 17.6 Å². The molecule has 1 aliphatic carbocycles. The third kappa shape index (κ3) is 4.26. The quantitative estimate of drug-likeness (QED) is 0.254. The monoisotopic (exact) mass is 511 g/mol. The first kappa shape index (κ1) is 23.4. The van der Waals surface area contributed by atoms with Gasteiger partial charge in [0.25, 0.3) is 0 Å². The van der Waals surface area contributed by atoms with E-state index >= 15 is 0 Å². The molecule has 4 aromatic rings. The minimum atomic E-state index is -0.261. The zero-order valence-corrected chi connectivity index (χ0v) is 21.3. The first-order valence-corrected chi connectivity index (χ1v) is 13.0. The number of aryl methyl sites for hydroxylation is 2. The minimum Gasteiger partial charge on any atom is -0.291 e. The zero-order chi connectivity index (χ0) is 23.9. The van der Waals surface area contributed by atoms with Crippen LogP contribution >= 0.6 is 35.0 Å². The molecule has 0 bridgehead atoms. The minimum absolute atomic E-state index is 0.258. The summed E-state index contributed by atoms with van der Waals surface area (Å²) in [5.41, 5.74) is 5.95. The number of hydrogen-bond acceptors (Lipinski definition) is 3. The molecule has 0 fully saturated rings. The van der Waals surface area contributed by atoms with Gasteiger partial charge < -0.3 is 0 Å². The van der Waals surface area contributed by atoms with E-state index in [1.165, 1.54) is 17.7 Å². The largest absolute Gasteiger partial charge is 0.291 e. The highest BCUT2D eigenvalue weighted by molar-refractivity contribution is 7.98. The van der Waals surface area contributed by atoms with Crippen molar-refractivity contribution in [3.8, 4) is 5.69 Å². The summed E-state index contributed by atoms with van der Waals surface area (Å²) < 4.78 is 16.0. The lowest BCUT2D eigenvalue weighted by Gasteiger charge is -2.36. The normalized spacial score (nSPS) is 17.6. The molecule has 1 atom stereocenters. The van der Waals surface area contributed by atoms with Gasteiger partial charge in [-0.15, -0.1) is 0 Å². The van der Waals surface area contributed by atoms with Crippen LogP contribution in [0.1, 0.15) is 48.0 Å². The van der Waals surface area contributed by atoms with Gasteiger partial charge in [-0.2, -0.15) is 0 Å². The Morgan fingerprint density at radius 3 is 2.62 bits per heavy atom. The summed E-state index contributed by atoms with van der Waals surface area (Å²) in [6.07, 6.45) is 4.69. The summed E-state index contributed by atoms with van der Waals surface area (Å²) >= 11 is 14.3. The van der Waals surface area contributed by atoms with Crippen molar-refractivity contribution in [2.75, 3.05) is 0 Å². The molecule has 0 spiro atoms. The van der Waals surface area contributed by atoms with Gasteiger partial charge in [0.1, 0.15) is 5.82 Å². The zero-order valence-electron chi connectivity index (χ0n) is 19.0. The van der Waals surface area contributed by atoms with Crippen LogP contribution in [0.2, 0.25) is 10.0 Å². The molecule has 34 heavy (non-hydrogen) atoms. The maximum Gasteiger partial charge on any atom is 0.173 e. The number of nitrogens with zero attached hydrogens (tertiary/aromatic N) is 3. The second-order valence-electron chi connectivity index (χ2n) is 8.87. The van der Waals surface area contributed by atoms with Crippen LogP contribution in [0, 0.1) is 12.7 Å². The van der Waals surface area contributed by atoms with Crippen LogP contribution in [0.25, 0.3) is 5.69 Å². The third-order valence-electron chi connectivity index (χ3n) is 6.58. The predicted octanol–water partition coefficient (Wildman–Crippen LogP) is 7.96. The van der Waals surface area contributed by atoms with E-state index in [1.807, 2.05) is 37.3 Å². The van der Waals surface area contributed by atoms with Gasteiger partial charge in [-0.25, -0.2) is 9.37 Å². The molecular formula is C27H24Cl2FN3S. The standard InChI is InChI=1S/C27H24Cl2FN3S/c1-17-15-18(7-12-21(17)28)27(2)13-3-6-23-25(27)33(20-10-8-19(30)9-11-20)26(32-23)34-16-24-22(29)5-4-14-31-24/h4-5,7-12,14-15H,3,6,13,16H2,1-2H3. The van der Waals surface area contributed by atoms with E-state index in [0.29, 0.717) is 10.8 Å². The fourth-order valence-electron chi connectivity index (χ4n) is 4.76. The lowest BCUT2D eigenvalue weighted by molar-refractivity contribution is 0.442. The van der Waals surface area contributed by atoms with E-state index in [4.69, 9.17) is 28.2 Å². The highest BCUT2D eigenvalue weighted by atomic mass is 35.5. The molecule has 0 saturated heterocycles. The van der Waals surface area contributed by atoms with Crippen LogP contribution < -0.4 is 0 Å². The Labute approximate surface area is 213 Å². The highest BCUT2D eigenvalue weighted by Crippen LogP contribution is 2.46. The van der Waals surface area contributed by atoms with Crippen molar-refractivity contribution >= 4 is 35.0 Å². The fourth-order valence-corrected chi connectivity index (χ4v) is 6.14. The molecule has 0 N–H and O–H groups in total. The van der Waals surface area contributed by atoms with Gasteiger partial charge in [0.2, 0.25) is 0 Å². The van der Waals surface area contributed by atoms with Crippen LogP contribution in [0.4, 0.5) is 4.39 Å². The molecule has 5 rings (SSSR count). The van der Waals surface area contributed by atoms with E-state index in [-0.39, 0.29) is 11.2 Å². The Balaban J connectivity index is 1.66. The van der Waals surface area contributed by atoms with Crippen LogP contribution in [0.15, 0.2) is 66.0 Å². The summed E-state index contributed by atoms with van der Waals surface area (Å²) in [6.45, 7) is 4.31. The lowest BCUT2D eigenvalue weighted by Crippen LogP contribution is -2.31. The molecule has 1 unspecified atom stereocenters. The number of pyridine rings is 1. The SMILES string of the molecule is Cc1cc(C2(C)CCCc3nc(SCc4ncccc4Cl)n(-c4ccc(F)cc4)c32)ccc1Cl. The number of fused-ring (bicyclic) bond motifs is 1. The second kappa shape index (κ2) is 9.37. The molecule has 2 aromatic carbocycles. The van der Waals surface area contributed by atoms with Gasteiger partial charge in [0, 0.05) is 28.1 Å². The summed E-state index contributed by atoms with van der Waals surface area (Å²) in [6, 6.07) is 16.6. The molecule has 2 aromatic heterocycles. The van der Waals surface area contributed by atoms with Gasteiger partial charge in [-0.05, 0) is 86.7 Å². The highest BCUT2D eigenvalue weighted by Gasteiger charge is 2.39. The topological polar surface area (TPSA) is 30.7 Å². The number of halogens is 3. The van der Waals surface area contributed by atoms with Crippen molar-refractivity contribution in [3.63, 3.8) is 0 Å². The average molecular weight is 512 g/mol. The van der Waals surface area contributed by atoms with E-state index in [1.54, 1.807) is 18.0 Å². The van der Waals surface area contributed by atoms with Gasteiger partial charge in [-0.1, -0.05) is 47.1 Å². The second-order valence-corrected chi connectivity index (χ2v) is 10.6.